The van der Waals surface area contributed by atoms with Crippen LogP contribution in [0.25, 0.3) is 11.0 Å². The van der Waals surface area contributed by atoms with Crippen molar-refractivity contribution in [2.75, 3.05) is 25.9 Å². The highest BCUT2D eigenvalue weighted by Crippen LogP contribution is 2.32. The average Bonchev–Trinajstić information content (AvgIpc) is 3.48. The summed E-state index contributed by atoms with van der Waals surface area (Å²) in [5.41, 5.74) is 2.59. The van der Waals surface area contributed by atoms with Crippen molar-refractivity contribution >= 4 is 50.1 Å². The molecule has 0 radical (unpaired) electrons. The first-order chi connectivity index (χ1) is 23.0. The quantitative estimate of drug-likeness (QED) is 0.269. The Kier molecular flexibility index (Phi) is 9.70. The van der Waals surface area contributed by atoms with Gasteiger partial charge in [-0.25, -0.2) is 8.42 Å². The third-order valence-corrected chi connectivity index (χ3v) is 10.5. The molecule has 4 aromatic rings. The minimum atomic E-state index is -3.56. The minimum Gasteiger partial charge on any atom is -0.451 e. The number of nitrogens with one attached hydrogen (secondary N) is 1. The van der Waals surface area contributed by atoms with Crippen LogP contribution in [0, 0.1) is 0 Å². The van der Waals surface area contributed by atoms with Crippen LogP contribution in [0.5, 0.6) is 0 Å². The van der Waals surface area contributed by atoms with Crippen molar-refractivity contribution in [3.05, 3.63) is 110 Å². The van der Waals surface area contributed by atoms with E-state index in [9.17, 15) is 27.6 Å². The Bertz CT molecular complexity index is 2040. The van der Waals surface area contributed by atoms with Gasteiger partial charge in [-0.1, -0.05) is 48.0 Å². The van der Waals surface area contributed by atoms with Gasteiger partial charge in [-0.2, -0.15) is 0 Å². The Morgan fingerprint density at radius 3 is 2.40 bits per heavy atom. The number of hydrogen-bond acceptors (Lipinski definition) is 7. The number of sulfone groups is 1. The van der Waals surface area contributed by atoms with E-state index in [0.29, 0.717) is 31.1 Å². The fourth-order valence-corrected chi connectivity index (χ4v) is 7.32. The molecule has 0 aliphatic carbocycles. The molecule has 2 aliphatic rings. The van der Waals surface area contributed by atoms with Gasteiger partial charge in [0.15, 0.2) is 21.0 Å². The number of carbonyl (C=O) groups is 3. The summed E-state index contributed by atoms with van der Waals surface area (Å²) in [5.74, 6) is -0.881. The summed E-state index contributed by atoms with van der Waals surface area (Å²) in [4.78, 5) is 56.3. The molecule has 10 nitrogen and oxygen atoms in total. The number of hydrogen-bond donors (Lipinski definition) is 1. The van der Waals surface area contributed by atoms with E-state index >= 15 is 0 Å². The maximum Gasteiger partial charge on any atom is 0.287 e. The largest absolute Gasteiger partial charge is 0.451 e. The molecule has 48 heavy (non-hydrogen) atoms. The molecule has 3 heterocycles. The summed E-state index contributed by atoms with van der Waals surface area (Å²) in [5, 5.41) is 3.36. The zero-order valence-electron chi connectivity index (χ0n) is 26.5. The molecule has 2 aliphatic heterocycles. The number of carbonyl (C=O) groups excluding carboxylic acids is 3. The zero-order chi connectivity index (χ0) is 34.0. The average molecular weight is 690 g/mol. The second-order valence-corrected chi connectivity index (χ2v) is 14.9. The molecule has 0 spiro atoms. The van der Waals surface area contributed by atoms with Crippen LogP contribution in [0.2, 0.25) is 5.02 Å². The number of halogens is 1. The fraction of sp³-hybridized carbons (Fsp3) is 0.333. The third kappa shape index (κ3) is 7.47. The second kappa shape index (κ2) is 13.9. The predicted molar refractivity (Wildman–Crippen MR) is 182 cm³/mol. The van der Waals surface area contributed by atoms with E-state index in [1.54, 1.807) is 29.2 Å². The van der Waals surface area contributed by atoms with Crippen LogP contribution in [0.3, 0.4) is 0 Å². The standard InChI is InChI=1S/C36H36ClN3O7S/c1-48(45,46)27-12-13-32-29(20-27)31(41)21-33(47-32)35(43)38-30(19-23-8-10-26(37)11-9-23)36(44)39-17-14-24(15-18-39)28-6-3-2-5-25(28)22-40-16-4-7-34(40)42/h2-3,5-6,8-13,20-21,24,30H,4,7,14-19,22H2,1H3,(H,38,43)/t30-/m0/s1. The minimum absolute atomic E-state index is 0.0275. The topological polar surface area (TPSA) is 134 Å². The van der Waals surface area contributed by atoms with E-state index < -0.39 is 27.2 Å². The molecule has 2 fully saturated rings. The molecule has 0 saturated carbocycles. The van der Waals surface area contributed by atoms with Gasteiger partial charge in [-0.05, 0) is 72.2 Å². The molecule has 250 valence electrons. The summed E-state index contributed by atoms with van der Waals surface area (Å²) in [7, 11) is -3.56. The van der Waals surface area contributed by atoms with Gasteiger partial charge < -0.3 is 19.5 Å². The van der Waals surface area contributed by atoms with Crippen molar-refractivity contribution in [3.63, 3.8) is 0 Å². The van der Waals surface area contributed by atoms with Crippen LogP contribution < -0.4 is 10.7 Å². The lowest BCUT2D eigenvalue weighted by Crippen LogP contribution is -2.51. The number of likely N-dealkylation sites (tertiary alicyclic amines) is 2. The molecule has 0 bridgehead atoms. The number of fused-ring (bicyclic) bond motifs is 1. The summed E-state index contributed by atoms with van der Waals surface area (Å²) < 4.78 is 29.7. The maximum absolute atomic E-state index is 14.0. The van der Waals surface area contributed by atoms with E-state index in [0.717, 1.165) is 49.3 Å². The normalized spacial score (nSPS) is 16.3. The number of nitrogens with zero attached hydrogens (tertiary/aromatic N) is 2. The van der Waals surface area contributed by atoms with E-state index in [-0.39, 0.29) is 45.8 Å². The first-order valence-electron chi connectivity index (χ1n) is 15.9. The smallest absolute Gasteiger partial charge is 0.287 e. The van der Waals surface area contributed by atoms with Crippen LogP contribution in [-0.4, -0.2) is 67.9 Å². The number of benzene rings is 3. The summed E-state index contributed by atoms with van der Waals surface area (Å²) in [6, 6.07) is 19.1. The number of amides is 3. The van der Waals surface area contributed by atoms with Gasteiger partial charge in [0.2, 0.25) is 11.8 Å². The van der Waals surface area contributed by atoms with Gasteiger partial charge >= 0.3 is 0 Å². The van der Waals surface area contributed by atoms with Crippen molar-refractivity contribution < 1.29 is 27.2 Å². The van der Waals surface area contributed by atoms with Crippen LogP contribution in [0.4, 0.5) is 0 Å². The van der Waals surface area contributed by atoms with Crippen LogP contribution >= 0.6 is 11.6 Å². The molecule has 2 saturated heterocycles. The Labute approximate surface area is 283 Å². The molecular weight excluding hydrogens is 654 g/mol. The summed E-state index contributed by atoms with van der Waals surface area (Å²) in [6.45, 7) is 2.34. The molecule has 0 unspecified atom stereocenters. The van der Waals surface area contributed by atoms with Gasteiger partial charge in [0.25, 0.3) is 5.91 Å². The van der Waals surface area contributed by atoms with Crippen molar-refractivity contribution in [1.82, 2.24) is 15.1 Å². The summed E-state index contributed by atoms with van der Waals surface area (Å²) in [6.07, 6.45) is 4.16. The van der Waals surface area contributed by atoms with E-state index in [4.69, 9.17) is 16.0 Å². The lowest BCUT2D eigenvalue weighted by Gasteiger charge is -2.35. The molecule has 12 heteroatoms. The Morgan fingerprint density at radius 2 is 1.71 bits per heavy atom. The van der Waals surface area contributed by atoms with E-state index in [1.807, 2.05) is 17.0 Å². The van der Waals surface area contributed by atoms with Crippen LogP contribution in [0.1, 0.15) is 58.8 Å². The molecular formula is C36H36ClN3O7S. The highest BCUT2D eigenvalue weighted by atomic mass is 35.5. The molecule has 1 aromatic heterocycles. The highest BCUT2D eigenvalue weighted by Gasteiger charge is 2.32. The Hall–Kier alpha value is -4.48. The van der Waals surface area contributed by atoms with Crippen LogP contribution in [-0.2, 0) is 32.4 Å². The van der Waals surface area contributed by atoms with Crippen molar-refractivity contribution in [1.29, 1.82) is 0 Å². The monoisotopic (exact) mass is 689 g/mol. The van der Waals surface area contributed by atoms with Crippen molar-refractivity contribution in [2.24, 2.45) is 0 Å². The van der Waals surface area contributed by atoms with Gasteiger partial charge in [-0.15, -0.1) is 0 Å². The fourth-order valence-electron chi connectivity index (χ4n) is 6.55. The number of piperidine rings is 1. The maximum atomic E-state index is 14.0. The zero-order valence-corrected chi connectivity index (χ0v) is 28.1. The molecule has 1 atom stereocenters. The summed E-state index contributed by atoms with van der Waals surface area (Å²) >= 11 is 6.08. The second-order valence-electron chi connectivity index (χ2n) is 12.5. The molecule has 6 rings (SSSR count). The van der Waals surface area contributed by atoms with Gasteiger partial charge in [0.1, 0.15) is 11.6 Å². The lowest BCUT2D eigenvalue weighted by atomic mass is 9.86. The Morgan fingerprint density at radius 1 is 0.979 bits per heavy atom. The first kappa shape index (κ1) is 33.4. The molecule has 1 N–H and O–H groups in total. The van der Waals surface area contributed by atoms with Crippen LogP contribution in [0.15, 0.2) is 86.9 Å². The van der Waals surface area contributed by atoms with Gasteiger partial charge in [0.05, 0.1) is 10.3 Å². The van der Waals surface area contributed by atoms with Gasteiger partial charge in [-0.3, -0.25) is 19.2 Å². The molecule has 3 amide bonds. The highest BCUT2D eigenvalue weighted by molar-refractivity contribution is 7.90. The van der Waals surface area contributed by atoms with Gasteiger partial charge in [0, 0.05) is 56.4 Å². The molecule has 3 aromatic carbocycles. The van der Waals surface area contributed by atoms with Crippen molar-refractivity contribution in [2.45, 2.75) is 55.5 Å². The number of rotatable bonds is 9. The SMILES string of the molecule is CS(=O)(=O)c1ccc2oc(C(=O)N[C@@H](Cc3ccc(Cl)cc3)C(=O)N3CCC(c4ccccc4CN4CCCC4=O)CC3)cc(=O)c2c1. The van der Waals surface area contributed by atoms with E-state index in [2.05, 4.69) is 17.4 Å². The van der Waals surface area contributed by atoms with E-state index in [1.165, 1.54) is 23.8 Å². The lowest BCUT2D eigenvalue weighted by molar-refractivity contribution is -0.134. The van der Waals surface area contributed by atoms with Crippen molar-refractivity contribution in [3.8, 4) is 0 Å². The first-order valence-corrected chi connectivity index (χ1v) is 18.2. The third-order valence-electron chi connectivity index (χ3n) is 9.14. The predicted octanol–water partition coefficient (Wildman–Crippen LogP) is 4.72. The Balaban J connectivity index is 1.19.